The smallest absolute Gasteiger partial charge is 0.332 e. The highest BCUT2D eigenvalue weighted by molar-refractivity contribution is 5.72. The maximum absolute atomic E-state index is 10.5. The highest BCUT2D eigenvalue weighted by Crippen LogP contribution is 2.19. The molecular formula is C10H18O3. The number of hydrogen-bond donors (Lipinski definition) is 2. The van der Waals surface area contributed by atoms with E-state index in [0.717, 1.165) is 0 Å². The summed E-state index contributed by atoms with van der Waals surface area (Å²) in [5, 5.41) is 17.9. The number of aliphatic hydroxyl groups excluding tert-OH is 1. The van der Waals surface area contributed by atoms with Crippen LogP contribution in [0.5, 0.6) is 0 Å². The number of rotatable bonds is 6. The molecule has 2 atom stereocenters. The summed E-state index contributed by atoms with van der Waals surface area (Å²) in [4.78, 5) is 10.5. The first-order valence-corrected chi connectivity index (χ1v) is 4.50. The van der Waals surface area contributed by atoms with Crippen molar-refractivity contribution < 1.29 is 15.0 Å². The fourth-order valence-corrected chi connectivity index (χ4v) is 1.38. The number of aliphatic hydroxyl groups is 1. The fourth-order valence-electron chi connectivity index (χ4n) is 1.38. The SMILES string of the molecule is C=CCC(CC(C)C)C(O)C(=O)O. The fraction of sp³-hybridized carbons (Fsp3) is 0.700. The van der Waals surface area contributed by atoms with Crippen molar-refractivity contribution in [1.29, 1.82) is 0 Å². The Morgan fingerprint density at radius 1 is 1.54 bits per heavy atom. The highest BCUT2D eigenvalue weighted by Gasteiger charge is 2.24. The second-order valence-electron chi connectivity index (χ2n) is 3.70. The van der Waals surface area contributed by atoms with Gasteiger partial charge >= 0.3 is 5.97 Å². The van der Waals surface area contributed by atoms with Gasteiger partial charge in [-0.05, 0) is 24.7 Å². The van der Waals surface area contributed by atoms with Crippen LogP contribution in [0.2, 0.25) is 0 Å². The normalized spacial score (nSPS) is 15.4. The van der Waals surface area contributed by atoms with Crippen LogP contribution in [0.15, 0.2) is 12.7 Å². The molecular weight excluding hydrogens is 168 g/mol. The van der Waals surface area contributed by atoms with E-state index in [1.807, 2.05) is 13.8 Å². The first-order valence-electron chi connectivity index (χ1n) is 4.50. The molecule has 2 unspecified atom stereocenters. The third-order valence-electron chi connectivity index (χ3n) is 1.94. The molecule has 0 aliphatic rings. The maximum Gasteiger partial charge on any atom is 0.332 e. The van der Waals surface area contributed by atoms with Crippen LogP contribution in [-0.2, 0) is 4.79 Å². The van der Waals surface area contributed by atoms with Crippen molar-refractivity contribution in [2.24, 2.45) is 11.8 Å². The van der Waals surface area contributed by atoms with Crippen LogP contribution in [0, 0.1) is 11.8 Å². The number of hydrogen-bond acceptors (Lipinski definition) is 2. The molecule has 0 spiro atoms. The Hall–Kier alpha value is -0.830. The van der Waals surface area contributed by atoms with Crippen LogP contribution < -0.4 is 0 Å². The molecule has 76 valence electrons. The van der Waals surface area contributed by atoms with Gasteiger partial charge in [0.15, 0.2) is 6.10 Å². The summed E-state index contributed by atoms with van der Waals surface area (Å²) in [6.07, 6.45) is 1.64. The Morgan fingerprint density at radius 3 is 2.38 bits per heavy atom. The van der Waals surface area contributed by atoms with Gasteiger partial charge in [0.1, 0.15) is 0 Å². The summed E-state index contributed by atoms with van der Waals surface area (Å²) in [7, 11) is 0. The number of aliphatic carboxylic acids is 1. The lowest BCUT2D eigenvalue weighted by Gasteiger charge is -2.19. The van der Waals surface area contributed by atoms with E-state index in [4.69, 9.17) is 5.11 Å². The summed E-state index contributed by atoms with van der Waals surface area (Å²) in [6, 6.07) is 0. The third-order valence-corrected chi connectivity index (χ3v) is 1.94. The largest absolute Gasteiger partial charge is 0.479 e. The minimum atomic E-state index is -1.26. The molecule has 0 aliphatic carbocycles. The lowest BCUT2D eigenvalue weighted by atomic mass is 9.89. The topological polar surface area (TPSA) is 57.5 Å². The minimum absolute atomic E-state index is 0.213. The molecule has 0 bridgehead atoms. The summed E-state index contributed by atoms with van der Waals surface area (Å²) in [5.74, 6) is -0.971. The summed E-state index contributed by atoms with van der Waals surface area (Å²) >= 11 is 0. The standard InChI is InChI=1S/C10H18O3/c1-4-5-8(6-7(2)3)9(11)10(12)13/h4,7-9,11H,1,5-6H2,2-3H3,(H,12,13). The average molecular weight is 186 g/mol. The summed E-state index contributed by atoms with van der Waals surface area (Å²) < 4.78 is 0. The van der Waals surface area contributed by atoms with E-state index in [1.54, 1.807) is 6.08 Å². The lowest BCUT2D eigenvalue weighted by molar-refractivity contribution is -0.149. The van der Waals surface area contributed by atoms with Gasteiger partial charge in [-0.2, -0.15) is 0 Å². The molecule has 0 aromatic carbocycles. The van der Waals surface area contributed by atoms with Crippen LogP contribution in [0.3, 0.4) is 0 Å². The quantitative estimate of drug-likeness (QED) is 0.620. The highest BCUT2D eigenvalue weighted by atomic mass is 16.4. The van der Waals surface area contributed by atoms with E-state index in [0.29, 0.717) is 18.8 Å². The van der Waals surface area contributed by atoms with Gasteiger partial charge in [-0.15, -0.1) is 6.58 Å². The van der Waals surface area contributed by atoms with Crippen molar-refractivity contribution in [1.82, 2.24) is 0 Å². The predicted molar refractivity (Wildman–Crippen MR) is 51.4 cm³/mol. The first kappa shape index (κ1) is 12.2. The van der Waals surface area contributed by atoms with E-state index in [9.17, 15) is 9.90 Å². The zero-order valence-electron chi connectivity index (χ0n) is 8.23. The van der Waals surface area contributed by atoms with E-state index in [-0.39, 0.29) is 5.92 Å². The molecule has 0 saturated heterocycles. The molecule has 0 heterocycles. The van der Waals surface area contributed by atoms with Crippen molar-refractivity contribution in [3.05, 3.63) is 12.7 Å². The van der Waals surface area contributed by atoms with Crippen molar-refractivity contribution in [3.8, 4) is 0 Å². The number of carboxylic acids is 1. The molecule has 0 aromatic heterocycles. The van der Waals surface area contributed by atoms with Crippen molar-refractivity contribution in [2.45, 2.75) is 32.8 Å². The molecule has 0 amide bonds. The number of carboxylic acid groups (broad SMARTS) is 1. The van der Waals surface area contributed by atoms with Gasteiger partial charge in [-0.1, -0.05) is 19.9 Å². The number of allylic oxidation sites excluding steroid dienone is 1. The van der Waals surface area contributed by atoms with Crippen molar-refractivity contribution in [2.75, 3.05) is 0 Å². The lowest BCUT2D eigenvalue weighted by Crippen LogP contribution is -2.29. The van der Waals surface area contributed by atoms with Gasteiger partial charge in [-0.3, -0.25) is 0 Å². The van der Waals surface area contributed by atoms with Gasteiger partial charge < -0.3 is 10.2 Å². The molecule has 2 N–H and O–H groups in total. The maximum atomic E-state index is 10.5. The van der Waals surface area contributed by atoms with Gasteiger partial charge in [0.05, 0.1) is 0 Å². The molecule has 0 fully saturated rings. The van der Waals surface area contributed by atoms with Crippen LogP contribution in [0.1, 0.15) is 26.7 Å². The second-order valence-corrected chi connectivity index (χ2v) is 3.70. The van der Waals surface area contributed by atoms with Gasteiger partial charge in [0.25, 0.3) is 0 Å². The molecule has 0 aromatic rings. The molecule has 13 heavy (non-hydrogen) atoms. The van der Waals surface area contributed by atoms with E-state index < -0.39 is 12.1 Å². The van der Waals surface area contributed by atoms with Gasteiger partial charge in [0.2, 0.25) is 0 Å². The van der Waals surface area contributed by atoms with Crippen molar-refractivity contribution >= 4 is 5.97 Å². The average Bonchev–Trinajstić information content (AvgIpc) is 2.01. The molecule has 0 rings (SSSR count). The predicted octanol–water partition coefficient (Wildman–Crippen LogP) is 1.67. The van der Waals surface area contributed by atoms with E-state index in [1.165, 1.54) is 0 Å². The van der Waals surface area contributed by atoms with Crippen LogP contribution in [0.4, 0.5) is 0 Å². The van der Waals surface area contributed by atoms with E-state index in [2.05, 4.69) is 6.58 Å². The zero-order valence-corrected chi connectivity index (χ0v) is 8.23. The Morgan fingerprint density at radius 2 is 2.08 bits per heavy atom. The van der Waals surface area contributed by atoms with Crippen molar-refractivity contribution in [3.63, 3.8) is 0 Å². The summed E-state index contributed by atoms with van der Waals surface area (Å²) in [5.41, 5.74) is 0. The Kier molecular flexibility index (Phi) is 5.39. The minimum Gasteiger partial charge on any atom is -0.479 e. The van der Waals surface area contributed by atoms with Crippen LogP contribution in [0.25, 0.3) is 0 Å². The van der Waals surface area contributed by atoms with E-state index >= 15 is 0 Å². The van der Waals surface area contributed by atoms with Gasteiger partial charge in [-0.25, -0.2) is 4.79 Å². The Bertz CT molecular complexity index is 175. The monoisotopic (exact) mass is 186 g/mol. The molecule has 0 saturated carbocycles. The first-order chi connectivity index (χ1) is 5.99. The third kappa shape index (κ3) is 4.68. The van der Waals surface area contributed by atoms with Gasteiger partial charge in [0, 0.05) is 0 Å². The zero-order chi connectivity index (χ0) is 10.4. The molecule has 3 heteroatoms. The Labute approximate surface area is 79.1 Å². The van der Waals surface area contributed by atoms with Crippen LogP contribution in [-0.4, -0.2) is 22.3 Å². The summed E-state index contributed by atoms with van der Waals surface area (Å²) in [6.45, 7) is 7.55. The molecule has 3 nitrogen and oxygen atoms in total. The molecule has 0 aliphatic heterocycles. The Balaban J connectivity index is 4.22. The number of carbonyl (C=O) groups is 1. The molecule has 0 radical (unpaired) electrons. The van der Waals surface area contributed by atoms with Crippen LogP contribution >= 0.6 is 0 Å². The second kappa shape index (κ2) is 5.75.